The molecule has 1 atom stereocenters. The third-order valence-corrected chi connectivity index (χ3v) is 2.53. The maximum atomic E-state index is 12.0. The Morgan fingerprint density at radius 1 is 1.40 bits per heavy atom. The summed E-state index contributed by atoms with van der Waals surface area (Å²) in [6.45, 7) is 1.92. The van der Waals surface area contributed by atoms with Crippen molar-refractivity contribution in [3.05, 3.63) is 27.8 Å². The number of nitrogens with zero attached hydrogens (tertiary/aromatic N) is 1. The van der Waals surface area contributed by atoms with Crippen LogP contribution in [0.4, 0.5) is 5.69 Å². The first kappa shape index (κ1) is 15.7. The highest BCUT2D eigenvalue weighted by molar-refractivity contribution is 5.99. The fourth-order valence-corrected chi connectivity index (χ4v) is 1.55. The minimum atomic E-state index is -0.650. The average molecular weight is 283 g/mol. The van der Waals surface area contributed by atoms with Gasteiger partial charge < -0.3 is 20.5 Å². The fraction of sp³-hybridized carbons (Fsp3) is 0.417. The number of hydrogen-bond donors (Lipinski definition) is 2. The third kappa shape index (κ3) is 3.58. The fourth-order valence-electron chi connectivity index (χ4n) is 1.55. The molecule has 3 N–H and O–H groups in total. The van der Waals surface area contributed by atoms with Gasteiger partial charge in [0.15, 0.2) is 11.5 Å². The molecule has 0 aromatic heterocycles. The van der Waals surface area contributed by atoms with E-state index in [2.05, 4.69) is 5.32 Å². The van der Waals surface area contributed by atoms with E-state index in [9.17, 15) is 14.9 Å². The molecule has 1 aromatic carbocycles. The van der Waals surface area contributed by atoms with Crippen LogP contribution in [-0.4, -0.2) is 37.6 Å². The number of benzene rings is 1. The molecule has 0 aliphatic carbocycles. The molecule has 0 heterocycles. The first-order valence-electron chi connectivity index (χ1n) is 5.84. The number of nitro benzene ring substituents is 1. The van der Waals surface area contributed by atoms with E-state index < -0.39 is 10.8 Å². The quantitative estimate of drug-likeness (QED) is 0.586. The summed E-state index contributed by atoms with van der Waals surface area (Å²) in [5.41, 5.74) is 5.06. The van der Waals surface area contributed by atoms with Crippen LogP contribution in [0.15, 0.2) is 12.1 Å². The van der Waals surface area contributed by atoms with Crippen molar-refractivity contribution in [3.8, 4) is 11.5 Å². The molecule has 8 heteroatoms. The molecular formula is C12H17N3O5. The highest BCUT2D eigenvalue weighted by Gasteiger charge is 2.24. The highest BCUT2D eigenvalue weighted by Crippen LogP contribution is 2.34. The molecule has 1 unspecified atom stereocenters. The number of carbonyl (C=O) groups is 1. The Balaban J connectivity index is 3.21. The largest absolute Gasteiger partial charge is 0.493 e. The van der Waals surface area contributed by atoms with Crippen LogP contribution in [0.5, 0.6) is 11.5 Å². The topological polar surface area (TPSA) is 117 Å². The lowest BCUT2D eigenvalue weighted by Crippen LogP contribution is -2.35. The van der Waals surface area contributed by atoms with Crippen molar-refractivity contribution in [2.45, 2.75) is 13.0 Å². The van der Waals surface area contributed by atoms with E-state index in [1.54, 1.807) is 6.92 Å². The Morgan fingerprint density at radius 2 is 1.95 bits per heavy atom. The minimum Gasteiger partial charge on any atom is -0.493 e. The van der Waals surface area contributed by atoms with Gasteiger partial charge in [0.25, 0.3) is 11.6 Å². The zero-order chi connectivity index (χ0) is 15.3. The second kappa shape index (κ2) is 6.71. The van der Waals surface area contributed by atoms with Crippen molar-refractivity contribution >= 4 is 11.6 Å². The van der Waals surface area contributed by atoms with Crippen molar-refractivity contribution in [2.24, 2.45) is 5.73 Å². The summed E-state index contributed by atoms with van der Waals surface area (Å²) < 4.78 is 10.0. The van der Waals surface area contributed by atoms with Crippen molar-refractivity contribution < 1.29 is 19.2 Å². The number of amides is 1. The number of nitro groups is 1. The molecule has 8 nitrogen and oxygen atoms in total. The van der Waals surface area contributed by atoms with Gasteiger partial charge in [-0.25, -0.2) is 0 Å². The average Bonchev–Trinajstić information content (AvgIpc) is 2.42. The van der Waals surface area contributed by atoms with E-state index in [1.165, 1.54) is 20.3 Å². The number of rotatable bonds is 6. The molecule has 0 aliphatic heterocycles. The number of carbonyl (C=O) groups excluding carboxylic acids is 1. The zero-order valence-corrected chi connectivity index (χ0v) is 11.5. The molecule has 0 spiro atoms. The van der Waals surface area contributed by atoms with Crippen LogP contribution in [0.2, 0.25) is 0 Å². The molecule has 0 bridgehead atoms. The van der Waals surface area contributed by atoms with Crippen LogP contribution in [0.25, 0.3) is 0 Å². The van der Waals surface area contributed by atoms with Gasteiger partial charge in [0.2, 0.25) is 0 Å². The summed E-state index contributed by atoms with van der Waals surface area (Å²) >= 11 is 0. The van der Waals surface area contributed by atoms with Gasteiger partial charge in [-0.15, -0.1) is 0 Å². The van der Waals surface area contributed by atoms with Gasteiger partial charge >= 0.3 is 0 Å². The van der Waals surface area contributed by atoms with Gasteiger partial charge in [0, 0.05) is 18.7 Å². The van der Waals surface area contributed by atoms with Crippen LogP contribution in [0.3, 0.4) is 0 Å². The molecule has 0 aliphatic rings. The molecule has 1 rings (SSSR count). The molecular weight excluding hydrogens is 266 g/mol. The monoisotopic (exact) mass is 283 g/mol. The Bertz CT molecular complexity index is 516. The lowest BCUT2D eigenvalue weighted by Gasteiger charge is -2.11. The standard InChI is InChI=1S/C12H17N3O5/c1-7(13)6-14-12(16)8-4-10(19-2)11(20-3)5-9(8)15(17)18/h4-5,7H,6,13H2,1-3H3,(H,14,16). The van der Waals surface area contributed by atoms with Gasteiger partial charge in [-0.1, -0.05) is 0 Å². The summed E-state index contributed by atoms with van der Waals surface area (Å²) in [7, 11) is 2.74. The van der Waals surface area contributed by atoms with Gasteiger partial charge in [0.05, 0.1) is 25.2 Å². The van der Waals surface area contributed by atoms with Crippen LogP contribution < -0.4 is 20.5 Å². The molecule has 110 valence electrons. The van der Waals surface area contributed by atoms with Gasteiger partial charge in [-0.2, -0.15) is 0 Å². The van der Waals surface area contributed by atoms with Crippen LogP contribution in [-0.2, 0) is 0 Å². The molecule has 1 amide bonds. The Morgan fingerprint density at radius 3 is 2.40 bits per heavy atom. The summed E-state index contributed by atoms with van der Waals surface area (Å²) in [6.07, 6.45) is 0. The maximum absolute atomic E-state index is 12.0. The van der Waals surface area contributed by atoms with E-state index in [0.717, 1.165) is 6.07 Å². The number of hydrogen-bond acceptors (Lipinski definition) is 6. The number of methoxy groups -OCH3 is 2. The normalized spacial score (nSPS) is 11.6. The molecule has 0 saturated carbocycles. The second-order valence-electron chi connectivity index (χ2n) is 4.17. The SMILES string of the molecule is COc1cc(C(=O)NCC(C)N)c([N+](=O)[O-])cc1OC. The summed E-state index contributed by atoms with van der Waals surface area (Å²) in [5, 5.41) is 13.6. The molecule has 20 heavy (non-hydrogen) atoms. The van der Waals surface area contributed by atoms with E-state index >= 15 is 0 Å². The van der Waals surface area contributed by atoms with E-state index in [0.29, 0.717) is 0 Å². The Labute approximate surface area is 116 Å². The number of nitrogens with two attached hydrogens (primary N) is 1. The second-order valence-corrected chi connectivity index (χ2v) is 4.17. The minimum absolute atomic E-state index is 0.103. The van der Waals surface area contributed by atoms with Crippen molar-refractivity contribution in [3.63, 3.8) is 0 Å². The predicted octanol–water partition coefficient (Wildman–Crippen LogP) is 0.689. The first-order chi connectivity index (χ1) is 9.40. The van der Waals surface area contributed by atoms with E-state index in [1.807, 2.05) is 0 Å². The highest BCUT2D eigenvalue weighted by atomic mass is 16.6. The molecule has 0 radical (unpaired) electrons. The van der Waals surface area contributed by atoms with Crippen LogP contribution >= 0.6 is 0 Å². The maximum Gasteiger partial charge on any atom is 0.286 e. The van der Waals surface area contributed by atoms with Crippen molar-refractivity contribution in [1.29, 1.82) is 0 Å². The molecule has 1 aromatic rings. The van der Waals surface area contributed by atoms with Crippen LogP contribution in [0, 0.1) is 10.1 Å². The first-order valence-corrected chi connectivity index (χ1v) is 5.84. The number of nitrogens with one attached hydrogen (secondary N) is 1. The lowest BCUT2D eigenvalue weighted by molar-refractivity contribution is -0.385. The van der Waals surface area contributed by atoms with Crippen molar-refractivity contribution in [2.75, 3.05) is 20.8 Å². The lowest BCUT2D eigenvalue weighted by atomic mass is 10.1. The van der Waals surface area contributed by atoms with Gasteiger partial charge in [-0.05, 0) is 6.92 Å². The Kier molecular flexibility index (Phi) is 5.27. The molecule has 0 fully saturated rings. The summed E-state index contributed by atoms with van der Waals surface area (Å²) in [5.74, 6) is -0.165. The van der Waals surface area contributed by atoms with Gasteiger partial charge in [0.1, 0.15) is 5.56 Å². The summed E-state index contributed by atoms with van der Waals surface area (Å²) in [4.78, 5) is 22.4. The summed E-state index contributed by atoms with van der Waals surface area (Å²) in [6, 6.07) is 2.17. The molecule has 0 saturated heterocycles. The predicted molar refractivity (Wildman–Crippen MR) is 72.2 cm³/mol. The smallest absolute Gasteiger partial charge is 0.286 e. The zero-order valence-electron chi connectivity index (χ0n) is 11.5. The Hall–Kier alpha value is -2.35. The van der Waals surface area contributed by atoms with Crippen LogP contribution in [0.1, 0.15) is 17.3 Å². The van der Waals surface area contributed by atoms with Crippen molar-refractivity contribution in [1.82, 2.24) is 5.32 Å². The number of ether oxygens (including phenoxy) is 2. The van der Waals surface area contributed by atoms with E-state index in [-0.39, 0.29) is 35.3 Å². The third-order valence-electron chi connectivity index (χ3n) is 2.53. The van der Waals surface area contributed by atoms with E-state index in [4.69, 9.17) is 15.2 Å². The van der Waals surface area contributed by atoms with Gasteiger partial charge in [-0.3, -0.25) is 14.9 Å².